The first kappa shape index (κ1) is 14.5. The summed E-state index contributed by atoms with van der Waals surface area (Å²) in [6, 6.07) is 10.3. The Kier molecular flexibility index (Phi) is 5.14. The van der Waals surface area contributed by atoms with Gasteiger partial charge in [0.05, 0.1) is 17.3 Å². The van der Waals surface area contributed by atoms with Gasteiger partial charge in [-0.1, -0.05) is 32.0 Å². The van der Waals surface area contributed by atoms with E-state index in [1.54, 1.807) is 0 Å². The summed E-state index contributed by atoms with van der Waals surface area (Å²) in [6.45, 7) is 4.74. The van der Waals surface area contributed by atoms with E-state index in [0.717, 1.165) is 40.6 Å². The fourth-order valence-corrected chi connectivity index (χ4v) is 2.95. The van der Waals surface area contributed by atoms with Crippen LogP contribution in [-0.4, -0.2) is 11.6 Å². The van der Waals surface area contributed by atoms with E-state index in [4.69, 9.17) is 10.00 Å². The van der Waals surface area contributed by atoms with Crippen LogP contribution in [0.2, 0.25) is 0 Å². The Bertz CT molecular complexity index is 613. The molecule has 0 aliphatic rings. The molecule has 0 unspecified atom stereocenters. The highest BCUT2D eigenvalue weighted by atomic mass is 32.1. The van der Waals surface area contributed by atoms with Crippen molar-refractivity contribution in [2.24, 2.45) is 0 Å². The molecule has 0 N–H and O–H groups in total. The standard InChI is InChI=1S/C16H18N2OS/c1-3-12-7-5-6-8-14(12)19-10-9-16-18-13(4-2)15(11-17)20-16/h5-8H,3-4,9-10H2,1-2H3. The van der Waals surface area contributed by atoms with Crippen LogP contribution < -0.4 is 4.74 Å². The second kappa shape index (κ2) is 7.06. The fourth-order valence-electron chi connectivity index (χ4n) is 2.02. The Morgan fingerprint density at radius 1 is 1.25 bits per heavy atom. The summed E-state index contributed by atoms with van der Waals surface area (Å²) in [4.78, 5) is 5.22. The number of thiazole rings is 1. The van der Waals surface area contributed by atoms with Crippen molar-refractivity contribution in [3.8, 4) is 11.8 Å². The molecule has 0 saturated heterocycles. The van der Waals surface area contributed by atoms with Gasteiger partial charge in [-0.05, 0) is 24.5 Å². The minimum Gasteiger partial charge on any atom is -0.493 e. The maximum absolute atomic E-state index is 9.02. The van der Waals surface area contributed by atoms with Crippen LogP contribution in [0.3, 0.4) is 0 Å². The highest BCUT2D eigenvalue weighted by Gasteiger charge is 2.09. The number of nitrogens with zero attached hydrogens (tertiary/aromatic N) is 2. The summed E-state index contributed by atoms with van der Waals surface area (Å²) in [6.07, 6.45) is 2.52. The fraction of sp³-hybridized carbons (Fsp3) is 0.375. The number of hydrogen-bond donors (Lipinski definition) is 0. The van der Waals surface area contributed by atoms with Crippen molar-refractivity contribution >= 4 is 11.3 Å². The molecule has 4 heteroatoms. The number of benzene rings is 1. The summed E-state index contributed by atoms with van der Waals surface area (Å²) >= 11 is 1.48. The lowest BCUT2D eigenvalue weighted by molar-refractivity contribution is 0.318. The van der Waals surface area contributed by atoms with Crippen molar-refractivity contribution in [1.29, 1.82) is 5.26 Å². The van der Waals surface area contributed by atoms with Crippen molar-refractivity contribution in [1.82, 2.24) is 4.98 Å². The van der Waals surface area contributed by atoms with Crippen LogP contribution in [0.4, 0.5) is 0 Å². The average Bonchev–Trinajstić information content (AvgIpc) is 2.90. The number of ether oxygens (including phenoxy) is 1. The summed E-state index contributed by atoms with van der Waals surface area (Å²) in [7, 11) is 0. The first-order valence-corrected chi connectivity index (χ1v) is 7.69. The molecule has 3 nitrogen and oxygen atoms in total. The van der Waals surface area contributed by atoms with Gasteiger partial charge in [-0.2, -0.15) is 5.26 Å². The Balaban J connectivity index is 1.96. The van der Waals surface area contributed by atoms with Gasteiger partial charge in [-0.15, -0.1) is 11.3 Å². The molecule has 0 aliphatic carbocycles. The minimum absolute atomic E-state index is 0.596. The van der Waals surface area contributed by atoms with E-state index in [1.807, 2.05) is 25.1 Å². The molecule has 0 saturated carbocycles. The van der Waals surface area contributed by atoms with E-state index in [-0.39, 0.29) is 0 Å². The van der Waals surface area contributed by atoms with Crippen LogP contribution in [0.5, 0.6) is 5.75 Å². The number of rotatable bonds is 6. The molecule has 0 spiro atoms. The molecule has 1 aromatic carbocycles. The number of aromatic nitrogens is 1. The molecule has 2 aromatic rings. The second-order valence-corrected chi connectivity index (χ2v) is 5.49. The number of hydrogen-bond acceptors (Lipinski definition) is 4. The van der Waals surface area contributed by atoms with Crippen LogP contribution in [0.1, 0.15) is 35.0 Å². The summed E-state index contributed by atoms with van der Waals surface area (Å²) < 4.78 is 5.83. The zero-order valence-corrected chi connectivity index (χ0v) is 12.7. The third kappa shape index (κ3) is 3.37. The van der Waals surface area contributed by atoms with Crippen LogP contribution in [0.25, 0.3) is 0 Å². The van der Waals surface area contributed by atoms with E-state index < -0.39 is 0 Å². The van der Waals surface area contributed by atoms with Gasteiger partial charge in [0.15, 0.2) is 0 Å². The smallest absolute Gasteiger partial charge is 0.128 e. The highest BCUT2D eigenvalue weighted by molar-refractivity contribution is 7.12. The number of para-hydroxylation sites is 1. The van der Waals surface area contributed by atoms with E-state index in [9.17, 15) is 0 Å². The topological polar surface area (TPSA) is 45.9 Å². The number of nitriles is 1. The Morgan fingerprint density at radius 2 is 2.05 bits per heavy atom. The lowest BCUT2D eigenvalue weighted by atomic mass is 10.1. The molecule has 1 heterocycles. The maximum atomic E-state index is 9.02. The molecular weight excluding hydrogens is 268 g/mol. The van der Waals surface area contributed by atoms with Gasteiger partial charge in [0.25, 0.3) is 0 Å². The van der Waals surface area contributed by atoms with Crippen molar-refractivity contribution < 1.29 is 4.74 Å². The molecule has 20 heavy (non-hydrogen) atoms. The third-order valence-electron chi connectivity index (χ3n) is 3.11. The van der Waals surface area contributed by atoms with Crippen molar-refractivity contribution in [2.75, 3.05) is 6.61 Å². The second-order valence-electron chi connectivity index (χ2n) is 4.41. The van der Waals surface area contributed by atoms with Crippen molar-refractivity contribution in [2.45, 2.75) is 33.1 Å². The van der Waals surface area contributed by atoms with Crippen molar-refractivity contribution in [3.63, 3.8) is 0 Å². The Hall–Kier alpha value is -1.86. The molecule has 0 aliphatic heterocycles. The maximum Gasteiger partial charge on any atom is 0.128 e. The molecule has 0 bridgehead atoms. The Morgan fingerprint density at radius 3 is 2.70 bits per heavy atom. The SMILES string of the molecule is CCc1ccccc1OCCc1nc(CC)c(C#N)s1. The zero-order valence-electron chi connectivity index (χ0n) is 11.8. The van der Waals surface area contributed by atoms with Gasteiger partial charge in [-0.3, -0.25) is 0 Å². The molecule has 1 aromatic heterocycles. The quantitative estimate of drug-likeness (QED) is 0.812. The van der Waals surface area contributed by atoms with E-state index in [0.29, 0.717) is 6.61 Å². The molecule has 2 rings (SSSR count). The van der Waals surface area contributed by atoms with E-state index in [1.165, 1.54) is 16.9 Å². The molecule has 0 amide bonds. The summed E-state index contributed by atoms with van der Waals surface area (Å²) in [5.74, 6) is 0.947. The normalized spacial score (nSPS) is 10.2. The lowest BCUT2D eigenvalue weighted by Crippen LogP contribution is -2.03. The van der Waals surface area contributed by atoms with Gasteiger partial charge >= 0.3 is 0 Å². The zero-order chi connectivity index (χ0) is 14.4. The van der Waals surface area contributed by atoms with Crippen LogP contribution in [-0.2, 0) is 19.3 Å². The molecule has 0 fully saturated rings. The van der Waals surface area contributed by atoms with E-state index in [2.05, 4.69) is 24.0 Å². The summed E-state index contributed by atoms with van der Waals surface area (Å²) in [5, 5.41) is 10.0. The molecular formula is C16H18N2OS. The van der Waals surface area contributed by atoms with Crippen LogP contribution in [0.15, 0.2) is 24.3 Å². The first-order chi connectivity index (χ1) is 9.78. The highest BCUT2D eigenvalue weighted by Crippen LogP contribution is 2.21. The molecule has 0 atom stereocenters. The number of aryl methyl sites for hydroxylation is 2. The van der Waals surface area contributed by atoms with Gasteiger partial charge in [-0.25, -0.2) is 4.98 Å². The van der Waals surface area contributed by atoms with Crippen LogP contribution in [0, 0.1) is 11.3 Å². The largest absolute Gasteiger partial charge is 0.493 e. The van der Waals surface area contributed by atoms with Gasteiger partial charge in [0, 0.05) is 6.42 Å². The Labute approximate surface area is 123 Å². The minimum atomic E-state index is 0.596. The van der Waals surface area contributed by atoms with E-state index >= 15 is 0 Å². The van der Waals surface area contributed by atoms with Crippen LogP contribution >= 0.6 is 11.3 Å². The van der Waals surface area contributed by atoms with Gasteiger partial charge < -0.3 is 4.74 Å². The van der Waals surface area contributed by atoms with Crippen molar-refractivity contribution in [3.05, 3.63) is 45.4 Å². The predicted octanol–water partition coefficient (Wildman–Crippen LogP) is 3.76. The monoisotopic (exact) mass is 286 g/mol. The van der Waals surface area contributed by atoms with Gasteiger partial charge in [0.1, 0.15) is 16.7 Å². The summed E-state index contributed by atoms with van der Waals surface area (Å²) in [5.41, 5.74) is 2.13. The third-order valence-corrected chi connectivity index (χ3v) is 4.17. The first-order valence-electron chi connectivity index (χ1n) is 6.87. The molecule has 104 valence electrons. The lowest BCUT2D eigenvalue weighted by Gasteiger charge is -2.09. The average molecular weight is 286 g/mol. The van der Waals surface area contributed by atoms with Gasteiger partial charge in [0.2, 0.25) is 0 Å². The molecule has 0 radical (unpaired) electrons. The predicted molar refractivity (Wildman–Crippen MR) is 81.2 cm³/mol.